The van der Waals surface area contributed by atoms with Crippen molar-refractivity contribution in [2.75, 3.05) is 35.5 Å². The molecule has 0 bridgehead atoms. The number of allylic oxidation sites excluding steroid dienone is 8. The highest BCUT2D eigenvalue weighted by Gasteiger charge is 2.27. The van der Waals surface area contributed by atoms with E-state index in [2.05, 4.69) is 90.0 Å². The van der Waals surface area contributed by atoms with Crippen LogP contribution < -0.4 is 23.7 Å². The Labute approximate surface area is 754 Å². The van der Waals surface area contributed by atoms with E-state index in [1.807, 2.05) is 173 Å². The normalized spacial score (nSPS) is 12.4. The first-order valence-electron chi connectivity index (χ1n) is 42.7. The maximum Gasteiger partial charge on any atom is 0.306 e. The third kappa shape index (κ3) is 33.5. The van der Waals surface area contributed by atoms with Crippen LogP contribution >= 0.6 is 11.6 Å². The van der Waals surface area contributed by atoms with Gasteiger partial charge in [0.25, 0.3) is 0 Å². The Morgan fingerprint density at radius 3 is 0.898 bits per heavy atom. The summed E-state index contributed by atoms with van der Waals surface area (Å²) < 4.78 is 81.2. The van der Waals surface area contributed by atoms with Crippen LogP contribution in [-0.4, -0.2) is 79.9 Å². The van der Waals surface area contributed by atoms with E-state index in [9.17, 15) is 52.8 Å². The fourth-order valence-corrected chi connectivity index (χ4v) is 14.1. The van der Waals surface area contributed by atoms with Crippen molar-refractivity contribution in [2.24, 2.45) is 0 Å². The van der Waals surface area contributed by atoms with Gasteiger partial charge in [0.1, 0.15) is 70.9 Å². The number of carbonyl (C=O) groups excluding carboxylic acids is 2. The Kier molecular flexibility index (Phi) is 41.9. The number of carboxylic acids is 2. The number of hydrogen-bond donors (Lipinski definition) is 4. The predicted molar refractivity (Wildman–Crippen MR) is 505 cm³/mol. The molecule has 10 aromatic rings. The summed E-state index contributed by atoms with van der Waals surface area (Å²) in [5.74, 6) is 0.534. The smallest absolute Gasteiger partial charge is 0.306 e. The molecule has 0 spiro atoms. The first-order valence-corrected chi connectivity index (χ1v) is 43.2. The number of carboxylic acid groups (broad SMARTS) is 2. The molecule has 676 valence electrons. The first-order chi connectivity index (χ1) is 60.4. The zero-order valence-corrected chi connectivity index (χ0v) is 77.4. The third-order valence-corrected chi connectivity index (χ3v) is 20.9. The van der Waals surface area contributed by atoms with Gasteiger partial charge in [0.15, 0.2) is 0 Å². The molecule has 0 amide bonds. The van der Waals surface area contributed by atoms with E-state index in [4.69, 9.17) is 35.3 Å². The van der Waals surface area contributed by atoms with Gasteiger partial charge in [-0.3, -0.25) is 19.2 Å². The molecule has 4 atom stereocenters. The van der Waals surface area contributed by atoms with Crippen molar-refractivity contribution >= 4 is 35.5 Å². The Morgan fingerprint density at radius 2 is 0.630 bits per heavy atom. The minimum atomic E-state index is -0.839. The maximum atomic E-state index is 14.8. The molecule has 0 aliphatic carbocycles. The number of hydrogen-bond acceptors (Lipinski definition) is 13. The lowest BCUT2D eigenvalue weighted by Crippen LogP contribution is -2.14. The van der Waals surface area contributed by atoms with Crippen LogP contribution in [0.5, 0.6) is 40.2 Å². The second-order valence-electron chi connectivity index (χ2n) is 33.5. The Morgan fingerprint density at radius 1 is 0.346 bits per heavy atom. The van der Waals surface area contributed by atoms with Gasteiger partial charge in [-0.25, -0.2) is 13.2 Å². The molecule has 19 heteroatoms. The summed E-state index contributed by atoms with van der Waals surface area (Å²) >= 11 is 5.93. The van der Waals surface area contributed by atoms with Crippen molar-refractivity contribution in [3.8, 4) is 73.6 Å². The van der Waals surface area contributed by atoms with Gasteiger partial charge in [0, 0.05) is 46.2 Å². The number of alkyl halides is 1. The topological polar surface area (TPSA) is 214 Å². The number of ether oxygens (including phenoxy) is 7. The van der Waals surface area contributed by atoms with Crippen molar-refractivity contribution in [3.63, 3.8) is 0 Å². The van der Waals surface area contributed by atoms with Crippen LogP contribution in [0.3, 0.4) is 0 Å². The molecule has 10 rings (SSSR count). The minimum absolute atomic E-state index is 0.0250. The van der Waals surface area contributed by atoms with Gasteiger partial charge < -0.3 is 53.6 Å². The molecule has 10 aromatic carbocycles. The molecule has 127 heavy (non-hydrogen) atoms. The molecule has 15 nitrogen and oxygen atoms in total. The van der Waals surface area contributed by atoms with Gasteiger partial charge in [0.05, 0.1) is 61.2 Å². The van der Waals surface area contributed by atoms with E-state index in [0.717, 1.165) is 98.0 Å². The number of phenols is 2. The summed E-state index contributed by atoms with van der Waals surface area (Å²) in [6, 6.07) is 61.3. The Balaban J connectivity index is 0.000000255. The number of methoxy groups -OCH3 is 5. The molecule has 0 saturated carbocycles. The average Bonchev–Trinajstić information content (AvgIpc) is 0.792. The van der Waals surface area contributed by atoms with Crippen LogP contribution in [0.1, 0.15) is 221 Å². The monoisotopic (exact) mass is 1750 g/mol. The zero-order valence-electron chi connectivity index (χ0n) is 76.6. The van der Waals surface area contributed by atoms with Crippen molar-refractivity contribution in [1.82, 2.24) is 0 Å². The van der Waals surface area contributed by atoms with Crippen molar-refractivity contribution in [3.05, 3.63) is 328 Å². The van der Waals surface area contributed by atoms with E-state index < -0.39 is 11.9 Å². The number of phenolic OH excluding ortho intramolecular Hbond substituents is 2. The molecule has 0 aliphatic rings. The summed E-state index contributed by atoms with van der Waals surface area (Å²) in [6.45, 7) is 27.7. The van der Waals surface area contributed by atoms with E-state index in [1.165, 1.54) is 32.4 Å². The fraction of sp³-hybridized carbons (Fsp3) is 0.333. The molecular formula is C108H126ClF3O15. The van der Waals surface area contributed by atoms with Crippen molar-refractivity contribution in [2.45, 2.75) is 200 Å². The number of aromatic hydroxyl groups is 2. The lowest BCUT2D eigenvalue weighted by atomic mass is 9.81. The highest BCUT2D eigenvalue weighted by molar-refractivity contribution is 6.17. The third-order valence-electron chi connectivity index (χ3n) is 20.6. The van der Waals surface area contributed by atoms with E-state index in [-0.39, 0.29) is 106 Å². The molecule has 4 N–H and O–H groups in total. The first kappa shape index (κ1) is 104. The molecule has 0 heterocycles. The van der Waals surface area contributed by atoms with Gasteiger partial charge >= 0.3 is 23.9 Å². The van der Waals surface area contributed by atoms with Crippen molar-refractivity contribution in [1.29, 1.82) is 0 Å². The summed E-state index contributed by atoms with van der Waals surface area (Å²) in [5, 5.41) is 37.5. The average molecular weight is 1760 g/mol. The van der Waals surface area contributed by atoms with Gasteiger partial charge in [-0.2, -0.15) is 0 Å². The lowest BCUT2D eigenvalue weighted by Gasteiger charge is -2.24. The van der Waals surface area contributed by atoms with Crippen molar-refractivity contribution < 1.29 is 85.9 Å². The van der Waals surface area contributed by atoms with Gasteiger partial charge in [-0.15, -0.1) is 11.6 Å². The molecule has 0 aromatic heterocycles. The van der Waals surface area contributed by atoms with E-state index >= 15 is 0 Å². The van der Waals surface area contributed by atoms with Gasteiger partial charge in [0.2, 0.25) is 0 Å². The Hall–Kier alpha value is -12.3. The quantitative estimate of drug-likeness (QED) is 0.0171. The summed E-state index contributed by atoms with van der Waals surface area (Å²) in [5.41, 5.74) is 13.2. The Bertz CT molecular complexity index is 5070. The number of aliphatic carboxylic acids is 2. The number of esters is 2. The SMILES string of the molecule is CCC=C[C@@H](CC(=O)O)c1cccc(OCc2ccc(-c3cc(OC)ccc3F)c(C(C)(C)C)c2)c1.CCC=C[C@@H](CC(=O)OC)c1cccc(O)c1.CCC=C[C@H](CC(=O)O)c1cccc(OCc2ccc(-c3cc(OC)ccc3F)c(C(C)(C)C)c2)c1.CCC=C[C@H](CC(=O)OC)c1cccc(O)c1.COc1ccc(F)c(-c2ccc(CCl)cc2C(C)(C)C)c1. The van der Waals surface area contributed by atoms with Crippen LogP contribution in [0.15, 0.2) is 255 Å². The maximum absolute atomic E-state index is 14.8. The zero-order chi connectivity index (χ0) is 93.6. The predicted octanol–water partition coefficient (Wildman–Crippen LogP) is 27.4. The molecule has 0 unspecified atom stereocenters. The standard InChI is InChI=1S/2C31H35FO4.C18H20ClFO.2C14H18O3/c2*1-6-7-9-23(18-30(33)34)22-10-8-11-25(17-22)36-20-21-12-14-26(28(16-21)31(2,3)4)27-19-24(35-5)13-15-29(27)32;1-18(2,3)16-9-12(11-19)5-7-14(16)15-10-13(21-4)6-8-17(15)20;2*1-3-4-6-12(10-14(16)17-2)11-7-5-8-13(15)9-11/h2*7-17,19,23H,6,18,20H2,1-5H3,(H,33,34);5-10H,11H2,1-4H3;2*4-9,12,15H,3,10H2,1-2H3/t2*23-;;2*12-/m10.10/s1. The van der Waals surface area contributed by atoms with Crippen LogP contribution in [0.4, 0.5) is 13.2 Å². The largest absolute Gasteiger partial charge is 0.508 e. The fourth-order valence-electron chi connectivity index (χ4n) is 13.9. The lowest BCUT2D eigenvalue weighted by molar-refractivity contribution is -0.141. The molecular weight excluding hydrogens is 1630 g/mol. The van der Waals surface area contributed by atoms with Crippen LogP contribution in [0.2, 0.25) is 0 Å². The highest BCUT2D eigenvalue weighted by Crippen LogP contribution is 2.42. The molecule has 0 fully saturated rings. The van der Waals surface area contributed by atoms with Gasteiger partial charge in [-0.05, 0) is 217 Å². The highest BCUT2D eigenvalue weighted by atomic mass is 35.5. The molecule has 0 radical (unpaired) electrons. The number of benzene rings is 10. The number of carbonyl (C=O) groups is 4. The second-order valence-corrected chi connectivity index (χ2v) is 33.8. The summed E-state index contributed by atoms with van der Waals surface area (Å²) in [7, 11) is 7.48. The molecule has 0 saturated heterocycles. The summed E-state index contributed by atoms with van der Waals surface area (Å²) in [6.07, 6.45) is 20.0. The number of rotatable bonds is 33. The van der Waals surface area contributed by atoms with Crippen LogP contribution in [-0.2, 0) is 64.0 Å². The van der Waals surface area contributed by atoms with E-state index in [0.29, 0.717) is 64.5 Å². The van der Waals surface area contributed by atoms with Crippen LogP contribution in [0, 0.1) is 17.5 Å². The molecule has 0 aliphatic heterocycles. The minimum Gasteiger partial charge on any atom is -0.508 e. The number of halogens is 4. The summed E-state index contributed by atoms with van der Waals surface area (Å²) in [4.78, 5) is 45.3. The van der Waals surface area contributed by atoms with E-state index in [1.54, 1.807) is 94.1 Å². The second kappa shape index (κ2) is 51.4. The van der Waals surface area contributed by atoms with Crippen LogP contribution in [0.25, 0.3) is 33.4 Å². The van der Waals surface area contributed by atoms with Gasteiger partial charge in [-0.1, -0.05) is 242 Å².